The van der Waals surface area contributed by atoms with Crippen LogP contribution < -0.4 is 10.6 Å². The summed E-state index contributed by atoms with van der Waals surface area (Å²) in [4.78, 5) is 24.3. The SMILES string of the molecule is O=C(NCC[C@H]1CCCCN1S(=O)(=O)c1ccc(Cl)cc1)C(=O)Nc1ccc(Cl)cc1. The fraction of sp³-hybridized carbons (Fsp3) is 0.333. The Balaban J connectivity index is 1.56. The van der Waals surface area contributed by atoms with E-state index in [1.807, 2.05) is 0 Å². The van der Waals surface area contributed by atoms with E-state index in [1.165, 1.54) is 16.4 Å². The largest absolute Gasteiger partial charge is 0.348 e. The minimum atomic E-state index is -3.67. The maximum Gasteiger partial charge on any atom is 0.313 e. The quantitative estimate of drug-likeness (QED) is 0.612. The number of halogens is 2. The van der Waals surface area contributed by atoms with E-state index in [0.717, 1.165) is 12.8 Å². The Morgan fingerprint density at radius 2 is 1.55 bits per heavy atom. The van der Waals surface area contributed by atoms with E-state index in [9.17, 15) is 18.0 Å². The zero-order valence-corrected chi connectivity index (χ0v) is 19.0. The number of amides is 2. The van der Waals surface area contributed by atoms with E-state index in [-0.39, 0.29) is 17.5 Å². The van der Waals surface area contributed by atoms with Gasteiger partial charge in [0.15, 0.2) is 0 Å². The number of carbonyl (C=O) groups is 2. The Kier molecular flexibility index (Phi) is 7.94. The second kappa shape index (κ2) is 10.5. The van der Waals surface area contributed by atoms with E-state index >= 15 is 0 Å². The van der Waals surface area contributed by atoms with Crippen LogP contribution in [0.5, 0.6) is 0 Å². The van der Waals surface area contributed by atoms with Gasteiger partial charge in [0.1, 0.15) is 0 Å². The first-order valence-corrected chi connectivity index (χ1v) is 12.1. The lowest BCUT2D eigenvalue weighted by Gasteiger charge is -2.34. The first-order chi connectivity index (χ1) is 14.8. The molecule has 1 saturated heterocycles. The number of nitrogens with zero attached hydrogens (tertiary/aromatic N) is 1. The summed E-state index contributed by atoms with van der Waals surface area (Å²) >= 11 is 11.7. The van der Waals surface area contributed by atoms with E-state index in [2.05, 4.69) is 10.6 Å². The van der Waals surface area contributed by atoms with Crippen LogP contribution >= 0.6 is 23.2 Å². The number of sulfonamides is 1. The molecule has 0 spiro atoms. The molecule has 3 rings (SSSR count). The number of piperidine rings is 1. The summed E-state index contributed by atoms with van der Waals surface area (Å²) in [6.07, 6.45) is 2.79. The van der Waals surface area contributed by atoms with Crippen LogP contribution in [0.3, 0.4) is 0 Å². The molecule has 0 aromatic heterocycles. The number of hydrogen-bond acceptors (Lipinski definition) is 4. The zero-order chi connectivity index (χ0) is 22.4. The number of nitrogens with one attached hydrogen (secondary N) is 2. The first-order valence-electron chi connectivity index (χ1n) is 9.89. The minimum absolute atomic E-state index is 0.185. The van der Waals surface area contributed by atoms with Crippen LogP contribution in [0.15, 0.2) is 53.4 Å². The highest BCUT2D eigenvalue weighted by atomic mass is 35.5. The van der Waals surface area contributed by atoms with Crippen molar-refractivity contribution >= 4 is 50.7 Å². The molecule has 166 valence electrons. The molecule has 0 radical (unpaired) electrons. The summed E-state index contributed by atoms with van der Waals surface area (Å²) in [7, 11) is -3.67. The van der Waals surface area contributed by atoms with Crippen LogP contribution in [0.2, 0.25) is 10.0 Å². The summed E-state index contributed by atoms with van der Waals surface area (Å²) in [5.74, 6) is -1.57. The predicted molar refractivity (Wildman–Crippen MR) is 121 cm³/mol. The third-order valence-electron chi connectivity index (χ3n) is 5.06. The molecule has 0 saturated carbocycles. The Morgan fingerprint density at radius 3 is 2.19 bits per heavy atom. The van der Waals surface area contributed by atoms with Gasteiger partial charge in [-0.25, -0.2) is 8.42 Å². The molecule has 1 aliphatic rings. The van der Waals surface area contributed by atoms with Gasteiger partial charge in [-0.1, -0.05) is 29.6 Å². The lowest BCUT2D eigenvalue weighted by atomic mass is 10.0. The Bertz CT molecular complexity index is 1030. The lowest BCUT2D eigenvalue weighted by molar-refractivity contribution is -0.136. The normalized spacial score (nSPS) is 17.2. The molecule has 0 bridgehead atoms. The maximum absolute atomic E-state index is 13.1. The first kappa shape index (κ1) is 23.5. The molecule has 1 fully saturated rings. The van der Waals surface area contributed by atoms with Crippen molar-refractivity contribution in [1.82, 2.24) is 9.62 Å². The van der Waals surface area contributed by atoms with Gasteiger partial charge in [0.2, 0.25) is 10.0 Å². The predicted octanol–water partition coefficient (Wildman–Crippen LogP) is 3.68. The molecule has 0 unspecified atom stereocenters. The summed E-state index contributed by atoms with van der Waals surface area (Å²) in [5, 5.41) is 6.04. The van der Waals surface area contributed by atoms with Crippen molar-refractivity contribution in [2.24, 2.45) is 0 Å². The second-order valence-corrected chi connectivity index (χ2v) is 9.99. The standard InChI is InChI=1S/C21H23Cl2N3O4S/c22-15-4-8-17(9-5-15)25-21(28)20(27)24-13-12-18-3-1-2-14-26(18)31(29,30)19-10-6-16(23)7-11-19/h4-11,18H,1-3,12-14H2,(H,24,27)(H,25,28)/t18-/m1/s1. The highest BCUT2D eigenvalue weighted by Gasteiger charge is 2.33. The van der Waals surface area contributed by atoms with E-state index < -0.39 is 21.8 Å². The van der Waals surface area contributed by atoms with E-state index in [4.69, 9.17) is 23.2 Å². The van der Waals surface area contributed by atoms with Gasteiger partial charge in [0, 0.05) is 34.9 Å². The van der Waals surface area contributed by atoms with E-state index in [0.29, 0.717) is 35.1 Å². The van der Waals surface area contributed by atoms with Gasteiger partial charge < -0.3 is 10.6 Å². The molecule has 2 aromatic carbocycles. The van der Waals surface area contributed by atoms with Gasteiger partial charge in [0.25, 0.3) is 0 Å². The van der Waals surface area contributed by atoms with Crippen molar-refractivity contribution in [2.45, 2.75) is 36.6 Å². The van der Waals surface area contributed by atoms with Gasteiger partial charge in [-0.2, -0.15) is 4.31 Å². The van der Waals surface area contributed by atoms with Crippen molar-refractivity contribution in [3.05, 3.63) is 58.6 Å². The van der Waals surface area contributed by atoms with Gasteiger partial charge in [-0.15, -0.1) is 0 Å². The third-order valence-corrected chi connectivity index (χ3v) is 7.53. The summed E-state index contributed by atoms with van der Waals surface area (Å²) in [6, 6.07) is 12.2. The van der Waals surface area contributed by atoms with Crippen LogP contribution in [0, 0.1) is 0 Å². The number of anilines is 1. The molecule has 1 aliphatic heterocycles. The van der Waals surface area contributed by atoms with Gasteiger partial charge >= 0.3 is 11.8 Å². The van der Waals surface area contributed by atoms with E-state index in [1.54, 1.807) is 36.4 Å². The van der Waals surface area contributed by atoms with Crippen molar-refractivity contribution in [3.63, 3.8) is 0 Å². The molecule has 2 aromatic rings. The minimum Gasteiger partial charge on any atom is -0.348 e. The van der Waals surface area contributed by atoms with Crippen molar-refractivity contribution in [2.75, 3.05) is 18.4 Å². The highest BCUT2D eigenvalue weighted by molar-refractivity contribution is 7.89. The molecule has 1 atom stereocenters. The molecule has 0 aliphatic carbocycles. The maximum atomic E-state index is 13.1. The molecule has 10 heteroatoms. The van der Waals surface area contributed by atoms with Gasteiger partial charge in [0.05, 0.1) is 4.90 Å². The summed E-state index contributed by atoms with van der Waals surface area (Å²) < 4.78 is 27.6. The average molecular weight is 484 g/mol. The van der Waals surface area contributed by atoms with Crippen molar-refractivity contribution < 1.29 is 18.0 Å². The number of rotatable bonds is 6. The Labute approximate surface area is 191 Å². The lowest BCUT2D eigenvalue weighted by Crippen LogP contribution is -2.45. The molecular weight excluding hydrogens is 461 g/mol. The molecule has 31 heavy (non-hydrogen) atoms. The second-order valence-electron chi connectivity index (χ2n) is 7.22. The topological polar surface area (TPSA) is 95.6 Å². The van der Waals surface area contributed by atoms with Crippen LogP contribution in [-0.2, 0) is 19.6 Å². The highest BCUT2D eigenvalue weighted by Crippen LogP contribution is 2.27. The fourth-order valence-electron chi connectivity index (χ4n) is 3.47. The summed E-state index contributed by atoms with van der Waals surface area (Å²) in [6.45, 7) is 0.602. The molecule has 2 N–H and O–H groups in total. The number of benzene rings is 2. The number of carbonyl (C=O) groups excluding carboxylic acids is 2. The monoisotopic (exact) mass is 483 g/mol. The van der Waals surface area contributed by atoms with Crippen LogP contribution in [0.4, 0.5) is 5.69 Å². The van der Waals surface area contributed by atoms with Crippen molar-refractivity contribution in [3.8, 4) is 0 Å². The van der Waals surface area contributed by atoms with Crippen molar-refractivity contribution in [1.29, 1.82) is 0 Å². The van der Waals surface area contributed by atoms with Gasteiger partial charge in [-0.3, -0.25) is 9.59 Å². The summed E-state index contributed by atoms with van der Waals surface area (Å²) in [5.41, 5.74) is 0.456. The Hall–Kier alpha value is -2.13. The van der Waals surface area contributed by atoms with Gasteiger partial charge in [-0.05, 0) is 67.8 Å². The number of hydrogen-bond donors (Lipinski definition) is 2. The smallest absolute Gasteiger partial charge is 0.313 e. The third kappa shape index (κ3) is 6.20. The average Bonchev–Trinajstić information content (AvgIpc) is 2.76. The zero-order valence-electron chi connectivity index (χ0n) is 16.7. The van der Waals surface area contributed by atoms with Crippen LogP contribution in [-0.4, -0.2) is 43.7 Å². The van der Waals surface area contributed by atoms with Crippen LogP contribution in [0.25, 0.3) is 0 Å². The van der Waals surface area contributed by atoms with Crippen LogP contribution in [0.1, 0.15) is 25.7 Å². The molecule has 7 nitrogen and oxygen atoms in total. The fourth-order valence-corrected chi connectivity index (χ4v) is 5.45. The Morgan fingerprint density at radius 1 is 0.935 bits per heavy atom. The molecule has 2 amide bonds. The molecule has 1 heterocycles. The molecular formula is C21H23Cl2N3O4S.